The molecular formula is C18H15ClN2O2S. The highest BCUT2D eigenvalue weighted by molar-refractivity contribution is 7.90. The molecule has 0 atom stereocenters. The fourth-order valence-electron chi connectivity index (χ4n) is 2.32. The second kappa shape index (κ2) is 6.34. The predicted molar refractivity (Wildman–Crippen MR) is 95.8 cm³/mol. The lowest BCUT2D eigenvalue weighted by Gasteiger charge is -2.08. The van der Waals surface area contributed by atoms with Crippen molar-refractivity contribution in [3.8, 4) is 22.4 Å². The van der Waals surface area contributed by atoms with Gasteiger partial charge in [-0.3, -0.25) is 9.97 Å². The normalized spacial score (nSPS) is 11.5. The minimum atomic E-state index is -3.22. The minimum Gasteiger partial charge on any atom is -0.261 e. The number of benzene rings is 1. The summed E-state index contributed by atoms with van der Waals surface area (Å²) in [6, 6.07) is 12.4. The molecule has 0 fully saturated rings. The Morgan fingerprint density at radius 2 is 1.58 bits per heavy atom. The van der Waals surface area contributed by atoms with Gasteiger partial charge in [0.05, 0.1) is 15.6 Å². The average Bonchev–Trinajstić information content (AvgIpc) is 2.55. The van der Waals surface area contributed by atoms with Crippen LogP contribution >= 0.6 is 11.6 Å². The highest BCUT2D eigenvalue weighted by Gasteiger charge is 2.10. The van der Waals surface area contributed by atoms with Crippen LogP contribution in [0, 0.1) is 6.92 Å². The Hall–Kier alpha value is -2.24. The van der Waals surface area contributed by atoms with E-state index >= 15 is 0 Å². The summed E-state index contributed by atoms with van der Waals surface area (Å²) in [5, 5.41) is 0.505. The van der Waals surface area contributed by atoms with E-state index in [-0.39, 0.29) is 4.90 Å². The first-order valence-corrected chi connectivity index (χ1v) is 9.50. The molecule has 0 spiro atoms. The molecule has 0 aliphatic rings. The summed E-state index contributed by atoms with van der Waals surface area (Å²) in [6.07, 6.45) is 4.54. The van der Waals surface area contributed by atoms with Gasteiger partial charge in [-0.1, -0.05) is 23.7 Å². The van der Waals surface area contributed by atoms with E-state index in [4.69, 9.17) is 11.6 Å². The molecule has 0 radical (unpaired) electrons. The van der Waals surface area contributed by atoms with Crippen molar-refractivity contribution in [2.24, 2.45) is 0 Å². The van der Waals surface area contributed by atoms with Crippen molar-refractivity contribution in [1.29, 1.82) is 0 Å². The fourth-order valence-corrected chi connectivity index (χ4v) is 3.16. The standard InChI is InChI=1S/C18H15ClN2O2S/c1-12-3-4-14(10-20-12)18-9-16(17(19)11-21-18)13-5-7-15(8-6-13)24(2,22)23/h3-11H,1-2H3. The van der Waals surface area contributed by atoms with Gasteiger partial charge in [0.25, 0.3) is 0 Å². The van der Waals surface area contributed by atoms with Crippen LogP contribution in [0.15, 0.2) is 59.8 Å². The summed E-state index contributed by atoms with van der Waals surface area (Å²) in [7, 11) is -3.22. The lowest BCUT2D eigenvalue weighted by atomic mass is 10.0. The van der Waals surface area contributed by atoms with E-state index in [0.717, 1.165) is 28.1 Å². The molecule has 0 saturated carbocycles. The van der Waals surface area contributed by atoms with Gasteiger partial charge in [-0.05, 0) is 42.8 Å². The van der Waals surface area contributed by atoms with E-state index in [2.05, 4.69) is 9.97 Å². The van der Waals surface area contributed by atoms with Crippen molar-refractivity contribution in [1.82, 2.24) is 9.97 Å². The van der Waals surface area contributed by atoms with Crippen molar-refractivity contribution in [3.05, 3.63) is 65.6 Å². The van der Waals surface area contributed by atoms with Gasteiger partial charge in [-0.25, -0.2) is 8.42 Å². The van der Waals surface area contributed by atoms with Crippen LogP contribution in [0.1, 0.15) is 5.69 Å². The van der Waals surface area contributed by atoms with Gasteiger partial charge >= 0.3 is 0 Å². The first kappa shape index (κ1) is 16.6. The molecule has 4 nitrogen and oxygen atoms in total. The van der Waals surface area contributed by atoms with Crippen molar-refractivity contribution >= 4 is 21.4 Å². The molecule has 0 amide bonds. The van der Waals surface area contributed by atoms with Gasteiger partial charge in [0.15, 0.2) is 9.84 Å². The largest absolute Gasteiger partial charge is 0.261 e. The molecule has 6 heteroatoms. The fraction of sp³-hybridized carbons (Fsp3) is 0.111. The lowest BCUT2D eigenvalue weighted by Crippen LogP contribution is -1.96. The molecule has 0 bridgehead atoms. The molecule has 0 aliphatic heterocycles. The van der Waals surface area contributed by atoms with Gasteiger partial charge in [0.2, 0.25) is 0 Å². The molecule has 3 aromatic rings. The summed E-state index contributed by atoms with van der Waals surface area (Å²) >= 11 is 6.28. The number of hydrogen-bond donors (Lipinski definition) is 0. The van der Waals surface area contributed by atoms with E-state index in [1.807, 2.05) is 25.1 Å². The van der Waals surface area contributed by atoms with Crippen LogP contribution in [-0.2, 0) is 9.84 Å². The Labute approximate surface area is 146 Å². The Morgan fingerprint density at radius 3 is 2.17 bits per heavy atom. The smallest absolute Gasteiger partial charge is 0.175 e. The molecule has 0 N–H and O–H groups in total. The Bertz CT molecular complexity index is 983. The molecule has 122 valence electrons. The Morgan fingerprint density at radius 1 is 0.917 bits per heavy atom. The third-order valence-corrected chi connectivity index (χ3v) is 5.09. The van der Waals surface area contributed by atoms with Crippen LogP contribution in [0.25, 0.3) is 22.4 Å². The summed E-state index contributed by atoms with van der Waals surface area (Å²) < 4.78 is 23.1. The van der Waals surface area contributed by atoms with E-state index in [9.17, 15) is 8.42 Å². The zero-order valence-corrected chi connectivity index (χ0v) is 14.8. The van der Waals surface area contributed by atoms with Crippen molar-refractivity contribution in [2.45, 2.75) is 11.8 Å². The summed E-state index contributed by atoms with van der Waals surface area (Å²) in [5.41, 5.74) is 4.21. The number of hydrogen-bond acceptors (Lipinski definition) is 4. The maximum absolute atomic E-state index is 11.6. The number of rotatable bonds is 3. The van der Waals surface area contributed by atoms with Gasteiger partial charge in [-0.15, -0.1) is 0 Å². The monoisotopic (exact) mass is 358 g/mol. The first-order valence-electron chi connectivity index (χ1n) is 7.24. The summed E-state index contributed by atoms with van der Waals surface area (Å²) in [6.45, 7) is 1.92. The van der Waals surface area contributed by atoms with Crippen LogP contribution < -0.4 is 0 Å². The quantitative estimate of drug-likeness (QED) is 0.704. The Kier molecular flexibility index (Phi) is 4.39. The van der Waals surface area contributed by atoms with Crippen LogP contribution in [0.2, 0.25) is 5.02 Å². The second-order valence-corrected chi connectivity index (χ2v) is 7.96. The number of sulfone groups is 1. The van der Waals surface area contributed by atoms with Gasteiger partial charge < -0.3 is 0 Å². The van der Waals surface area contributed by atoms with Crippen molar-refractivity contribution < 1.29 is 8.42 Å². The number of pyridine rings is 2. The molecule has 1 aromatic carbocycles. The molecule has 0 unspecified atom stereocenters. The molecule has 0 aliphatic carbocycles. The molecule has 24 heavy (non-hydrogen) atoms. The van der Waals surface area contributed by atoms with Crippen LogP contribution in [0.5, 0.6) is 0 Å². The molecule has 2 heterocycles. The maximum Gasteiger partial charge on any atom is 0.175 e. The number of halogens is 1. The molecule has 2 aromatic heterocycles. The van der Waals surface area contributed by atoms with Crippen molar-refractivity contribution in [3.63, 3.8) is 0 Å². The molecule has 0 saturated heterocycles. The number of aromatic nitrogens is 2. The van der Waals surface area contributed by atoms with E-state index in [0.29, 0.717) is 5.02 Å². The van der Waals surface area contributed by atoms with E-state index in [1.54, 1.807) is 36.7 Å². The summed E-state index contributed by atoms with van der Waals surface area (Å²) in [4.78, 5) is 8.91. The van der Waals surface area contributed by atoms with Gasteiger partial charge in [-0.2, -0.15) is 0 Å². The predicted octanol–water partition coefficient (Wildman–Crippen LogP) is 4.18. The van der Waals surface area contributed by atoms with Crippen LogP contribution in [0.4, 0.5) is 0 Å². The number of nitrogens with zero attached hydrogens (tertiary/aromatic N) is 2. The Balaban J connectivity index is 2.05. The zero-order valence-electron chi connectivity index (χ0n) is 13.2. The van der Waals surface area contributed by atoms with Crippen LogP contribution in [0.3, 0.4) is 0 Å². The third-order valence-electron chi connectivity index (χ3n) is 3.66. The SMILES string of the molecule is Cc1ccc(-c2cc(-c3ccc(S(C)(=O)=O)cc3)c(Cl)cn2)cn1. The molecular weight excluding hydrogens is 344 g/mol. The lowest BCUT2D eigenvalue weighted by molar-refractivity contribution is 0.602. The van der Waals surface area contributed by atoms with Gasteiger partial charge in [0.1, 0.15) is 0 Å². The highest BCUT2D eigenvalue weighted by atomic mass is 35.5. The minimum absolute atomic E-state index is 0.277. The maximum atomic E-state index is 11.6. The summed E-state index contributed by atoms with van der Waals surface area (Å²) in [5.74, 6) is 0. The molecule has 3 rings (SSSR count). The topological polar surface area (TPSA) is 59.9 Å². The zero-order chi connectivity index (χ0) is 17.3. The third kappa shape index (κ3) is 3.47. The first-order chi connectivity index (χ1) is 11.3. The second-order valence-electron chi connectivity index (χ2n) is 5.53. The van der Waals surface area contributed by atoms with E-state index in [1.165, 1.54) is 6.26 Å². The average molecular weight is 359 g/mol. The highest BCUT2D eigenvalue weighted by Crippen LogP contribution is 2.31. The van der Waals surface area contributed by atoms with Crippen molar-refractivity contribution in [2.75, 3.05) is 6.26 Å². The van der Waals surface area contributed by atoms with Gasteiger partial charge in [0, 0.05) is 35.5 Å². The van der Waals surface area contributed by atoms with Crippen LogP contribution in [-0.4, -0.2) is 24.6 Å². The number of aryl methyl sites for hydroxylation is 1. The van der Waals surface area contributed by atoms with E-state index < -0.39 is 9.84 Å².